The van der Waals surface area contributed by atoms with Crippen molar-refractivity contribution in [3.05, 3.63) is 59.7 Å². The highest BCUT2D eigenvalue weighted by atomic mass is 16.5. The van der Waals surface area contributed by atoms with Crippen LogP contribution in [0, 0.1) is 0 Å². The van der Waals surface area contributed by atoms with Gasteiger partial charge in [-0.2, -0.15) is 0 Å². The van der Waals surface area contributed by atoms with Crippen LogP contribution >= 0.6 is 0 Å². The Morgan fingerprint density at radius 1 is 0.435 bits per heavy atom. The van der Waals surface area contributed by atoms with Gasteiger partial charge in [-0.1, -0.05) is 187 Å². The fourth-order valence-corrected chi connectivity index (χ4v) is 6.38. The average molecular weight is 632 g/mol. The van der Waals surface area contributed by atoms with Crippen LogP contribution in [0.4, 0.5) is 5.69 Å². The van der Waals surface area contributed by atoms with Crippen LogP contribution in [0.15, 0.2) is 53.5 Å². The zero-order valence-corrected chi connectivity index (χ0v) is 30.6. The summed E-state index contributed by atoms with van der Waals surface area (Å²) < 4.78 is 5.98. The Morgan fingerprint density at radius 2 is 0.826 bits per heavy atom. The van der Waals surface area contributed by atoms with E-state index in [-0.39, 0.29) is 0 Å². The van der Waals surface area contributed by atoms with Crippen LogP contribution in [0.25, 0.3) is 0 Å². The van der Waals surface area contributed by atoms with Crippen LogP contribution in [0.2, 0.25) is 0 Å². The lowest BCUT2D eigenvalue weighted by atomic mass is 10.0. The van der Waals surface area contributed by atoms with Gasteiger partial charge in [-0.15, -0.1) is 0 Å². The van der Waals surface area contributed by atoms with Crippen molar-refractivity contribution in [2.75, 3.05) is 6.61 Å². The van der Waals surface area contributed by atoms with Crippen LogP contribution in [0.3, 0.4) is 0 Å². The van der Waals surface area contributed by atoms with Crippen molar-refractivity contribution in [2.24, 2.45) is 4.99 Å². The van der Waals surface area contributed by atoms with E-state index in [9.17, 15) is 0 Å². The minimum absolute atomic E-state index is 0.816. The lowest BCUT2D eigenvalue weighted by Crippen LogP contribution is -1.97. The van der Waals surface area contributed by atoms with Gasteiger partial charge in [0.2, 0.25) is 0 Å². The molecule has 0 aromatic heterocycles. The maximum atomic E-state index is 5.98. The molecule has 0 aliphatic heterocycles. The minimum Gasteiger partial charge on any atom is -0.494 e. The number of hydrogen-bond donors (Lipinski definition) is 0. The molecule has 0 atom stereocenters. The van der Waals surface area contributed by atoms with Crippen molar-refractivity contribution in [2.45, 2.75) is 194 Å². The molecule has 0 spiro atoms. The van der Waals surface area contributed by atoms with Crippen molar-refractivity contribution in [3.63, 3.8) is 0 Å². The molecular formula is C44H73NO. The number of ether oxygens (including phenoxy) is 1. The molecule has 2 aromatic carbocycles. The van der Waals surface area contributed by atoms with E-state index < -0.39 is 0 Å². The number of aliphatic imine (C=N–C) groups is 1. The zero-order valence-electron chi connectivity index (χ0n) is 30.6. The molecule has 0 aliphatic rings. The zero-order chi connectivity index (χ0) is 32.6. The molecule has 0 fully saturated rings. The summed E-state index contributed by atoms with van der Waals surface area (Å²) in [6.07, 6.45) is 40.9. The third-order valence-corrected chi connectivity index (χ3v) is 9.51. The first kappa shape index (κ1) is 40.1. The first-order valence-corrected chi connectivity index (χ1v) is 20.2. The predicted molar refractivity (Wildman–Crippen MR) is 205 cm³/mol. The van der Waals surface area contributed by atoms with E-state index in [2.05, 4.69) is 62.4 Å². The molecule has 0 heterocycles. The van der Waals surface area contributed by atoms with Crippen LogP contribution in [-0.2, 0) is 6.42 Å². The average Bonchev–Trinajstić information content (AvgIpc) is 3.08. The summed E-state index contributed by atoms with van der Waals surface area (Å²) in [6, 6.07) is 17.2. The largest absolute Gasteiger partial charge is 0.494 e. The van der Waals surface area contributed by atoms with Crippen LogP contribution in [0.1, 0.15) is 198 Å². The van der Waals surface area contributed by atoms with Crippen molar-refractivity contribution >= 4 is 11.9 Å². The van der Waals surface area contributed by atoms with E-state index in [0.717, 1.165) is 30.0 Å². The molecule has 2 aromatic rings. The van der Waals surface area contributed by atoms with Crippen molar-refractivity contribution < 1.29 is 4.74 Å². The molecule has 2 heteroatoms. The molecule has 0 amide bonds. The molecule has 0 radical (unpaired) electrons. The number of hydrogen-bond acceptors (Lipinski definition) is 2. The Labute approximate surface area is 286 Å². The number of rotatable bonds is 32. The van der Waals surface area contributed by atoms with E-state index in [1.54, 1.807) is 0 Å². The lowest BCUT2D eigenvalue weighted by molar-refractivity contribution is 0.304. The summed E-state index contributed by atoms with van der Waals surface area (Å²) in [7, 11) is 0. The first-order chi connectivity index (χ1) is 22.8. The topological polar surface area (TPSA) is 21.6 Å². The second kappa shape index (κ2) is 30.3. The maximum Gasteiger partial charge on any atom is 0.119 e. The third-order valence-electron chi connectivity index (χ3n) is 9.51. The number of nitrogens with zero attached hydrogens (tertiary/aromatic N) is 1. The Kier molecular flexibility index (Phi) is 26.4. The molecule has 0 bridgehead atoms. The monoisotopic (exact) mass is 632 g/mol. The Bertz CT molecular complexity index is 854. The Balaban J connectivity index is 1.43. The van der Waals surface area contributed by atoms with Gasteiger partial charge in [-0.05, 0) is 66.8 Å². The number of unbranched alkanes of at least 4 members (excludes halogenated alkanes) is 25. The fourth-order valence-electron chi connectivity index (χ4n) is 6.38. The first-order valence-electron chi connectivity index (χ1n) is 20.2. The van der Waals surface area contributed by atoms with Crippen LogP contribution in [0.5, 0.6) is 5.75 Å². The predicted octanol–water partition coefficient (Wildman–Crippen LogP) is 14.9. The van der Waals surface area contributed by atoms with Crippen LogP contribution < -0.4 is 4.74 Å². The summed E-state index contributed by atoms with van der Waals surface area (Å²) in [5.74, 6) is 0.962. The molecule has 0 aliphatic carbocycles. The van der Waals surface area contributed by atoms with Crippen LogP contribution in [-0.4, -0.2) is 12.8 Å². The highest BCUT2D eigenvalue weighted by Crippen LogP contribution is 2.18. The highest BCUT2D eigenvalue weighted by molar-refractivity contribution is 5.82. The third kappa shape index (κ3) is 23.3. The molecule has 0 saturated heterocycles. The normalized spacial score (nSPS) is 11.5. The Hall–Kier alpha value is -2.09. The van der Waals surface area contributed by atoms with E-state index >= 15 is 0 Å². The van der Waals surface area contributed by atoms with Gasteiger partial charge in [-0.3, -0.25) is 4.99 Å². The second-order valence-electron chi connectivity index (χ2n) is 13.9. The Morgan fingerprint density at radius 3 is 1.26 bits per heavy atom. The maximum absolute atomic E-state index is 5.98. The van der Waals surface area contributed by atoms with Gasteiger partial charge in [-0.25, -0.2) is 0 Å². The second-order valence-corrected chi connectivity index (χ2v) is 13.9. The standard InChI is InChI=1S/C44H73NO/c1-3-5-7-9-11-13-15-17-18-20-22-24-26-28-30-41-31-35-43(36-32-41)45-40-42-33-37-44(38-34-42)46-39-29-27-25-23-21-19-16-14-12-10-8-6-4-2/h31-38,40H,3-30,39H2,1-2H3. The van der Waals surface area contributed by atoms with Gasteiger partial charge in [0.15, 0.2) is 0 Å². The molecule has 46 heavy (non-hydrogen) atoms. The van der Waals surface area contributed by atoms with Gasteiger partial charge in [0.1, 0.15) is 5.75 Å². The van der Waals surface area contributed by atoms with Crippen molar-refractivity contribution in [1.82, 2.24) is 0 Å². The SMILES string of the molecule is CCCCCCCCCCCCCCCCc1ccc(N=Cc2ccc(OCCCCCCCCCCCCCCC)cc2)cc1. The summed E-state index contributed by atoms with van der Waals surface area (Å²) in [5, 5.41) is 0. The number of benzene rings is 2. The van der Waals surface area contributed by atoms with Gasteiger partial charge in [0.05, 0.1) is 12.3 Å². The molecule has 0 unspecified atom stereocenters. The summed E-state index contributed by atoms with van der Waals surface area (Å²) >= 11 is 0. The highest BCUT2D eigenvalue weighted by Gasteiger charge is 1.99. The van der Waals surface area contributed by atoms with E-state index in [0.29, 0.717) is 0 Å². The summed E-state index contributed by atoms with van der Waals surface area (Å²) in [6.45, 7) is 5.41. The van der Waals surface area contributed by atoms with Gasteiger partial charge >= 0.3 is 0 Å². The van der Waals surface area contributed by atoms with E-state index in [4.69, 9.17) is 9.73 Å². The molecule has 260 valence electrons. The molecule has 2 rings (SSSR count). The molecule has 2 nitrogen and oxygen atoms in total. The van der Waals surface area contributed by atoms with E-state index in [1.807, 2.05) is 6.21 Å². The smallest absolute Gasteiger partial charge is 0.119 e. The molecule has 0 saturated carbocycles. The van der Waals surface area contributed by atoms with Gasteiger partial charge in [0.25, 0.3) is 0 Å². The van der Waals surface area contributed by atoms with E-state index in [1.165, 1.54) is 179 Å². The lowest BCUT2D eigenvalue weighted by Gasteiger charge is -2.07. The summed E-state index contributed by atoms with van der Waals surface area (Å²) in [5.41, 5.74) is 3.56. The van der Waals surface area contributed by atoms with Crippen molar-refractivity contribution in [3.8, 4) is 5.75 Å². The fraction of sp³-hybridized carbons (Fsp3) is 0.705. The number of aryl methyl sites for hydroxylation is 1. The van der Waals surface area contributed by atoms with Gasteiger partial charge < -0.3 is 4.74 Å². The summed E-state index contributed by atoms with van der Waals surface area (Å²) in [4.78, 5) is 4.70. The van der Waals surface area contributed by atoms with Gasteiger partial charge in [0, 0.05) is 6.21 Å². The van der Waals surface area contributed by atoms with Crippen molar-refractivity contribution in [1.29, 1.82) is 0 Å². The minimum atomic E-state index is 0.816. The molecule has 0 N–H and O–H groups in total. The quantitative estimate of drug-likeness (QED) is 0.0581. The molecular weight excluding hydrogens is 558 g/mol.